The van der Waals surface area contributed by atoms with Gasteiger partial charge in [-0.2, -0.15) is 5.01 Å². The number of carbonyl (C=O) groups is 2. The van der Waals surface area contributed by atoms with Crippen molar-refractivity contribution < 1.29 is 19.1 Å². The molecule has 1 aliphatic heterocycles. The molecule has 3 aromatic carbocycles. The molecule has 1 saturated heterocycles. The Morgan fingerprint density at radius 2 is 1.86 bits per heavy atom. The van der Waals surface area contributed by atoms with E-state index in [4.69, 9.17) is 44.9 Å². The fourth-order valence-electron chi connectivity index (χ4n) is 3.28. The number of halogens is 2. The Kier molecular flexibility index (Phi) is 8.53. The highest BCUT2D eigenvalue weighted by Gasteiger charge is 2.34. The van der Waals surface area contributed by atoms with Crippen molar-refractivity contribution in [2.75, 3.05) is 6.61 Å². The number of amides is 2. The largest absolute Gasteiger partial charge is 0.490 e. The Morgan fingerprint density at radius 3 is 2.61 bits per heavy atom. The molecular formula is C26H20Cl2N2O4S2. The Bertz CT molecular complexity index is 1360. The van der Waals surface area contributed by atoms with Gasteiger partial charge in [0.15, 0.2) is 15.8 Å². The Hall–Kier alpha value is -3.04. The monoisotopic (exact) mass is 558 g/mol. The number of carbonyl (C=O) groups excluding carboxylic acids is 2. The first-order chi connectivity index (χ1) is 17.4. The van der Waals surface area contributed by atoms with E-state index in [-0.39, 0.29) is 10.9 Å². The van der Waals surface area contributed by atoms with Gasteiger partial charge < -0.3 is 9.47 Å². The zero-order chi connectivity index (χ0) is 25.7. The van der Waals surface area contributed by atoms with Crippen molar-refractivity contribution in [2.45, 2.75) is 13.5 Å². The summed E-state index contributed by atoms with van der Waals surface area (Å²) in [5, 5.41) is 2.09. The quantitative estimate of drug-likeness (QED) is 0.251. The average Bonchev–Trinajstić information content (AvgIpc) is 3.12. The van der Waals surface area contributed by atoms with Crippen molar-refractivity contribution in [3.63, 3.8) is 0 Å². The molecule has 184 valence electrons. The van der Waals surface area contributed by atoms with Gasteiger partial charge in [0, 0.05) is 21.2 Å². The number of hydrogen-bond acceptors (Lipinski definition) is 6. The minimum Gasteiger partial charge on any atom is -0.490 e. The van der Waals surface area contributed by atoms with Gasteiger partial charge in [-0.25, -0.2) is 0 Å². The van der Waals surface area contributed by atoms with Gasteiger partial charge in [0.2, 0.25) is 0 Å². The maximum atomic E-state index is 13.0. The number of hydrazine groups is 1. The van der Waals surface area contributed by atoms with Crippen LogP contribution in [0.5, 0.6) is 11.5 Å². The molecule has 1 heterocycles. The molecule has 4 rings (SSSR count). The van der Waals surface area contributed by atoms with Gasteiger partial charge >= 0.3 is 0 Å². The molecule has 1 N–H and O–H groups in total. The van der Waals surface area contributed by atoms with Crippen LogP contribution in [0.1, 0.15) is 28.4 Å². The Morgan fingerprint density at radius 1 is 1.06 bits per heavy atom. The number of rotatable bonds is 8. The fraction of sp³-hybridized carbons (Fsp3) is 0.115. The van der Waals surface area contributed by atoms with Crippen molar-refractivity contribution in [1.29, 1.82) is 0 Å². The zero-order valence-corrected chi connectivity index (χ0v) is 22.1. The second kappa shape index (κ2) is 11.8. The summed E-state index contributed by atoms with van der Waals surface area (Å²) >= 11 is 18.6. The average molecular weight is 559 g/mol. The molecule has 1 aliphatic rings. The number of nitrogens with one attached hydrogen (secondary N) is 1. The molecule has 0 unspecified atom stereocenters. The lowest BCUT2D eigenvalue weighted by Gasteiger charge is -2.15. The highest BCUT2D eigenvalue weighted by molar-refractivity contribution is 8.26. The van der Waals surface area contributed by atoms with Gasteiger partial charge in [-0.3, -0.25) is 15.0 Å². The van der Waals surface area contributed by atoms with E-state index in [9.17, 15) is 9.59 Å². The summed E-state index contributed by atoms with van der Waals surface area (Å²) in [4.78, 5) is 25.9. The summed E-state index contributed by atoms with van der Waals surface area (Å²) in [5.74, 6) is 0.157. The molecular weight excluding hydrogens is 539 g/mol. The third kappa shape index (κ3) is 6.20. The van der Waals surface area contributed by atoms with Gasteiger partial charge in [0.05, 0.1) is 11.5 Å². The van der Waals surface area contributed by atoms with E-state index >= 15 is 0 Å². The van der Waals surface area contributed by atoms with Crippen LogP contribution >= 0.6 is 47.2 Å². The fourth-order valence-corrected chi connectivity index (χ4v) is 4.84. The summed E-state index contributed by atoms with van der Waals surface area (Å²) in [6.45, 7) is 2.59. The zero-order valence-electron chi connectivity index (χ0n) is 19.0. The number of thioether (sulfide) groups is 1. The topological polar surface area (TPSA) is 67.9 Å². The molecule has 0 saturated carbocycles. The number of hydrogen-bond donors (Lipinski definition) is 1. The first-order valence-corrected chi connectivity index (χ1v) is 12.8. The molecule has 0 aliphatic carbocycles. The lowest BCUT2D eigenvalue weighted by molar-refractivity contribution is -0.123. The molecule has 3 aromatic rings. The molecule has 36 heavy (non-hydrogen) atoms. The first kappa shape index (κ1) is 26.0. The second-order valence-electron chi connectivity index (χ2n) is 7.49. The van der Waals surface area contributed by atoms with Crippen molar-refractivity contribution in [3.05, 3.63) is 98.4 Å². The van der Waals surface area contributed by atoms with Crippen molar-refractivity contribution >= 4 is 69.4 Å². The van der Waals surface area contributed by atoms with Crippen LogP contribution in [0.3, 0.4) is 0 Å². The van der Waals surface area contributed by atoms with E-state index in [0.717, 1.165) is 22.3 Å². The van der Waals surface area contributed by atoms with Crippen LogP contribution in [0.15, 0.2) is 71.6 Å². The van der Waals surface area contributed by atoms with E-state index < -0.39 is 11.8 Å². The summed E-state index contributed by atoms with van der Waals surface area (Å²) in [5.41, 5.74) is 4.43. The van der Waals surface area contributed by atoms with Crippen LogP contribution in [0.4, 0.5) is 0 Å². The third-order valence-corrected chi connectivity index (χ3v) is 6.91. The molecule has 2 amide bonds. The highest BCUT2D eigenvalue weighted by Crippen LogP contribution is 2.35. The van der Waals surface area contributed by atoms with E-state index in [1.54, 1.807) is 42.5 Å². The van der Waals surface area contributed by atoms with Crippen LogP contribution in [0.25, 0.3) is 6.08 Å². The van der Waals surface area contributed by atoms with E-state index in [2.05, 4.69) is 5.43 Å². The number of thiocarbonyl (C=S) groups is 1. The molecule has 0 radical (unpaired) electrons. The van der Waals surface area contributed by atoms with E-state index in [1.165, 1.54) is 6.07 Å². The normalized spacial score (nSPS) is 14.3. The number of nitrogens with zero attached hydrogens (tertiary/aromatic N) is 1. The highest BCUT2D eigenvalue weighted by atomic mass is 35.5. The predicted molar refractivity (Wildman–Crippen MR) is 147 cm³/mol. The number of ether oxygens (including phenoxy) is 2. The van der Waals surface area contributed by atoms with Gasteiger partial charge in [-0.05, 0) is 67.2 Å². The van der Waals surface area contributed by atoms with Gasteiger partial charge in [-0.1, -0.05) is 65.3 Å². The standard InChI is InChI=1S/C26H20Cl2N2O4S2/c1-2-33-22-12-16(10-11-21(22)34-15-18-6-3-4-9-20(18)28)13-23-25(32)30(26(35)36-23)29-24(31)17-7-5-8-19(27)14-17/h3-14H,2,15H2,1H3,(H,29,31)/b23-13-. The molecule has 6 nitrogen and oxygen atoms in total. The van der Waals surface area contributed by atoms with Crippen molar-refractivity contribution in [1.82, 2.24) is 10.4 Å². The maximum absolute atomic E-state index is 13.0. The molecule has 0 atom stereocenters. The van der Waals surface area contributed by atoms with Crippen molar-refractivity contribution in [3.8, 4) is 11.5 Å². The van der Waals surface area contributed by atoms with Crippen LogP contribution in [0.2, 0.25) is 10.0 Å². The van der Waals surface area contributed by atoms with Crippen LogP contribution in [-0.2, 0) is 11.4 Å². The summed E-state index contributed by atoms with van der Waals surface area (Å²) in [7, 11) is 0. The van der Waals surface area contributed by atoms with Crippen LogP contribution in [-0.4, -0.2) is 27.8 Å². The minimum absolute atomic E-state index is 0.214. The van der Waals surface area contributed by atoms with Crippen LogP contribution < -0.4 is 14.9 Å². The summed E-state index contributed by atoms with van der Waals surface area (Å²) < 4.78 is 11.9. The lowest BCUT2D eigenvalue weighted by Crippen LogP contribution is -2.44. The van der Waals surface area contributed by atoms with Crippen molar-refractivity contribution in [2.24, 2.45) is 0 Å². The SMILES string of the molecule is CCOc1cc(/C=C2\SC(=S)N(NC(=O)c3cccc(Cl)c3)C2=O)ccc1OCc1ccccc1Cl. The predicted octanol–water partition coefficient (Wildman–Crippen LogP) is 6.52. The van der Waals surface area contributed by atoms with Crippen LogP contribution in [0, 0.1) is 0 Å². The molecule has 0 bridgehead atoms. The smallest absolute Gasteiger partial charge is 0.285 e. The molecule has 0 aromatic heterocycles. The van der Waals surface area contributed by atoms with E-state index in [1.807, 2.05) is 31.2 Å². The van der Waals surface area contributed by atoms with Gasteiger partial charge in [-0.15, -0.1) is 0 Å². The third-order valence-electron chi connectivity index (χ3n) is 5.00. The van der Waals surface area contributed by atoms with Gasteiger partial charge in [0.25, 0.3) is 11.8 Å². The summed E-state index contributed by atoms with van der Waals surface area (Å²) in [6.07, 6.45) is 1.69. The maximum Gasteiger partial charge on any atom is 0.285 e. The Labute approximate surface area is 228 Å². The molecule has 0 spiro atoms. The molecule has 10 heteroatoms. The number of benzene rings is 3. The lowest BCUT2D eigenvalue weighted by atomic mass is 10.1. The first-order valence-electron chi connectivity index (χ1n) is 10.8. The van der Waals surface area contributed by atoms with Gasteiger partial charge in [0.1, 0.15) is 6.61 Å². The summed E-state index contributed by atoms with van der Waals surface area (Å²) in [6, 6.07) is 19.2. The second-order valence-corrected chi connectivity index (χ2v) is 10.0. The molecule has 1 fully saturated rings. The Balaban J connectivity index is 1.49. The van der Waals surface area contributed by atoms with E-state index in [0.29, 0.717) is 44.2 Å². The minimum atomic E-state index is -0.492.